The molecule has 0 radical (unpaired) electrons. The molecule has 0 amide bonds. The van der Waals surface area contributed by atoms with Crippen LogP contribution in [0.1, 0.15) is 71.1 Å². The van der Waals surface area contributed by atoms with E-state index < -0.39 is 5.69 Å². The minimum absolute atomic E-state index is 0.549. The average Bonchev–Trinajstić information content (AvgIpc) is 2.37. The topological polar surface area (TPSA) is 46.5 Å². The molecule has 0 aliphatic carbocycles. The molecule has 0 rings (SSSR count). The summed E-state index contributed by atoms with van der Waals surface area (Å²) in [4.78, 5) is 9.13. The van der Waals surface area contributed by atoms with Crippen LogP contribution in [0, 0.1) is 0 Å². The molecule has 0 heterocycles. The quantitative estimate of drug-likeness (QED) is 0.207. The van der Waals surface area contributed by atoms with Crippen molar-refractivity contribution in [2.75, 3.05) is 6.61 Å². The van der Waals surface area contributed by atoms with Crippen LogP contribution >= 0.6 is 17.9 Å². The number of hydrogen-bond acceptors (Lipinski definition) is 3. The van der Waals surface area contributed by atoms with Crippen LogP contribution in [0.5, 0.6) is 0 Å². The molecule has 7 heteroatoms. The van der Waals surface area contributed by atoms with Gasteiger partial charge >= 0.3 is 23.2 Å². The molecular formula is C12H27MoO3PS2. The first kappa shape index (κ1) is 22.7. The van der Waals surface area contributed by atoms with Gasteiger partial charge in [0.25, 0.3) is 0 Å². The molecule has 0 saturated carbocycles. The summed E-state index contributed by atoms with van der Waals surface area (Å²) >= 11 is 9.18. The van der Waals surface area contributed by atoms with E-state index in [1.165, 1.54) is 51.4 Å². The van der Waals surface area contributed by atoms with Crippen molar-refractivity contribution in [3.8, 4) is 0 Å². The summed E-state index contributed by atoms with van der Waals surface area (Å²) < 4.78 is 13.3. The summed E-state index contributed by atoms with van der Waals surface area (Å²) in [5.74, 6) is 0. The van der Waals surface area contributed by atoms with Gasteiger partial charge in [0.05, 0.1) is 6.61 Å². The molecule has 0 aliphatic rings. The van der Waals surface area contributed by atoms with Crippen molar-refractivity contribution in [2.24, 2.45) is 0 Å². The molecule has 0 bridgehead atoms. The second-order valence-electron chi connectivity index (χ2n) is 4.51. The van der Waals surface area contributed by atoms with Crippen LogP contribution in [-0.2, 0) is 39.5 Å². The fourth-order valence-corrected chi connectivity index (χ4v) is 2.61. The van der Waals surface area contributed by atoms with Crippen molar-refractivity contribution in [3.63, 3.8) is 0 Å². The third kappa shape index (κ3) is 24.8. The van der Waals surface area contributed by atoms with Crippen molar-refractivity contribution in [2.45, 2.75) is 71.1 Å². The van der Waals surface area contributed by atoms with E-state index in [-0.39, 0.29) is 0 Å². The van der Waals surface area contributed by atoms with Crippen LogP contribution in [0.3, 0.4) is 0 Å². The normalized spacial score (nSPS) is 13.4. The van der Waals surface area contributed by atoms with E-state index in [1.807, 2.05) is 0 Å². The SMILES string of the molecule is CCCCCCCCCCCCOP(O)(=S)S.[O]=[Mo]. The molecule has 1 atom stereocenters. The van der Waals surface area contributed by atoms with Crippen LogP contribution in [0.25, 0.3) is 0 Å². The van der Waals surface area contributed by atoms with Crippen molar-refractivity contribution >= 4 is 29.7 Å². The molecule has 1 unspecified atom stereocenters. The third-order valence-corrected chi connectivity index (χ3v) is 3.94. The van der Waals surface area contributed by atoms with Crippen LogP contribution < -0.4 is 0 Å². The Kier molecular flexibility index (Phi) is 20.8. The Balaban J connectivity index is 0. The Morgan fingerprint density at radius 1 is 1.00 bits per heavy atom. The summed E-state index contributed by atoms with van der Waals surface area (Å²) in [7, 11) is 0. The van der Waals surface area contributed by atoms with Gasteiger partial charge < -0.3 is 9.42 Å². The molecular weight excluding hydrogens is 383 g/mol. The van der Waals surface area contributed by atoms with E-state index in [2.05, 4.69) is 31.0 Å². The summed E-state index contributed by atoms with van der Waals surface area (Å²) in [6, 6.07) is 0. The molecule has 0 aromatic rings. The third-order valence-electron chi connectivity index (χ3n) is 2.76. The Bertz CT molecular complexity index is 227. The first-order valence-corrected chi connectivity index (χ1v) is 11.6. The molecule has 0 spiro atoms. The molecule has 1 N–H and O–H groups in total. The van der Waals surface area contributed by atoms with E-state index in [0.717, 1.165) is 12.8 Å². The minimum atomic E-state index is -2.72. The molecule has 0 saturated heterocycles. The van der Waals surface area contributed by atoms with Crippen LogP contribution in [0.2, 0.25) is 0 Å². The van der Waals surface area contributed by atoms with E-state index >= 15 is 0 Å². The first-order chi connectivity index (χ1) is 9.06. The van der Waals surface area contributed by atoms with Crippen LogP contribution in [0.15, 0.2) is 0 Å². The number of unbranched alkanes of at least 4 members (excludes halogenated alkanes) is 9. The van der Waals surface area contributed by atoms with Gasteiger partial charge in [0, 0.05) is 0 Å². The molecule has 0 aromatic heterocycles. The number of hydrogen-bond donors (Lipinski definition) is 2. The van der Waals surface area contributed by atoms with Crippen molar-refractivity contribution in [3.05, 3.63) is 0 Å². The van der Waals surface area contributed by atoms with Gasteiger partial charge in [-0.3, -0.25) is 0 Å². The van der Waals surface area contributed by atoms with Gasteiger partial charge in [0.2, 0.25) is 5.69 Å². The Hall–Kier alpha value is 1.41. The zero-order valence-electron chi connectivity index (χ0n) is 11.8. The number of rotatable bonds is 12. The van der Waals surface area contributed by atoms with E-state index in [1.54, 1.807) is 0 Å². The predicted octanol–water partition coefficient (Wildman–Crippen LogP) is 4.95. The fraction of sp³-hybridized carbons (Fsp3) is 1.00. The zero-order chi connectivity index (χ0) is 15.0. The molecule has 0 aromatic carbocycles. The van der Waals surface area contributed by atoms with Crippen molar-refractivity contribution in [1.82, 2.24) is 0 Å². The van der Waals surface area contributed by atoms with Gasteiger partial charge in [-0.05, 0) is 18.2 Å². The molecule has 3 nitrogen and oxygen atoms in total. The van der Waals surface area contributed by atoms with Gasteiger partial charge in [-0.15, -0.1) is 0 Å². The second kappa shape index (κ2) is 17.5. The van der Waals surface area contributed by atoms with Crippen molar-refractivity contribution in [1.29, 1.82) is 0 Å². The van der Waals surface area contributed by atoms with Gasteiger partial charge in [-0.1, -0.05) is 77.0 Å². The average molecular weight is 410 g/mol. The molecule has 0 aliphatic heterocycles. The van der Waals surface area contributed by atoms with Gasteiger partial charge in [0.15, 0.2) is 0 Å². The maximum atomic E-state index is 9.13. The predicted molar refractivity (Wildman–Crippen MR) is 84.0 cm³/mol. The van der Waals surface area contributed by atoms with E-state index in [0.29, 0.717) is 26.4 Å². The molecule has 19 heavy (non-hydrogen) atoms. The Morgan fingerprint density at radius 2 is 1.37 bits per heavy atom. The second-order valence-corrected chi connectivity index (χ2v) is 9.67. The standard InChI is InChI=1S/C12H27O2PS2.Mo.O/c1-2-3-4-5-6-7-8-9-10-11-12-14-15(13,16)17;;/h2-12H2,1H3,(H2,13,16,17);;. The summed E-state index contributed by atoms with van der Waals surface area (Å²) in [6.07, 6.45) is 13.0. The van der Waals surface area contributed by atoms with Crippen LogP contribution in [0.4, 0.5) is 0 Å². The van der Waals surface area contributed by atoms with Crippen LogP contribution in [-0.4, -0.2) is 11.5 Å². The summed E-state index contributed by atoms with van der Waals surface area (Å²) in [5.41, 5.74) is -2.72. The Morgan fingerprint density at radius 3 is 1.74 bits per heavy atom. The first-order valence-electron chi connectivity index (χ1n) is 6.93. The monoisotopic (exact) mass is 412 g/mol. The summed E-state index contributed by atoms with van der Waals surface area (Å²) in [5, 5.41) is 0. The Labute approximate surface area is 139 Å². The zero-order valence-corrected chi connectivity index (χ0v) is 16.4. The summed E-state index contributed by atoms with van der Waals surface area (Å²) in [6.45, 7) is 2.80. The van der Waals surface area contributed by atoms with E-state index in [9.17, 15) is 0 Å². The van der Waals surface area contributed by atoms with Gasteiger partial charge in [-0.2, -0.15) is 0 Å². The molecule has 0 fully saturated rings. The maximum absolute atomic E-state index is 9.13. The van der Waals surface area contributed by atoms with Gasteiger partial charge in [0.1, 0.15) is 0 Å². The molecule has 116 valence electrons. The number of thiol groups is 1. The van der Waals surface area contributed by atoms with Gasteiger partial charge in [-0.25, -0.2) is 0 Å². The van der Waals surface area contributed by atoms with E-state index in [4.69, 9.17) is 12.8 Å². The van der Waals surface area contributed by atoms with Crippen molar-refractivity contribution < 1.29 is 32.6 Å². The fourth-order valence-electron chi connectivity index (χ4n) is 1.77.